The van der Waals surface area contributed by atoms with E-state index in [0.717, 1.165) is 38.8 Å². The molecule has 0 aromatic carbocycles. The highest BCUT2D eigenvalue weighted by Gasteiger charge is 2.43. The van der Waals surface area contributed by atoms with Gasteiger partial charge >= 0.3 is 0 Å². The minimum atomic E-state index is -0.773. The molecule has 2 saturated carbocycles. The predicted molar refractivity (Wildman–Crippen MR) is 139 cm³/mol. The quantitative estimate of drug-likeness (QED) is 0.462. The first-order valence-electron chi connectivity index (χ1n) is 14.5. The Morgan fingerprint density at radius 1 is 1.14 bits per heavy atom. The second kappa shape index (κ2) is 11.0. The fraction of sp³-hybridized carbons (Fsp3) is 0.857. The average Bonchev–Trinajstić information content (AvgIpc) is 3.64. The van der Waals surface area contributed by atoms with Gasteiger partial charge in [0.25, 0.3) is 0 Å². The van der Waals surface area contributed by atoms with Gasteiger partial charge in [-0.3, -0.25) is 10.2 Å². The van der Waals surface area contributed by atoms with Gasteiger partial charge in [0.1, 0.15) is 6.17 Å². The number of rotatable bonds is 7. The van der Waals surface area contributed by atoms with E-state index < -0.39 is 6.17 Å². The maximum absolute atomic E-state index is 14.1. The van der Waals surface area contributed by atoms with Crippen LogP contribution in [-0.2, 0) is 18.4 Å². The Hall–Kier alpha value is -1.67. The minimum Gasteiger partial charge on any atom is -0.351 e. The Kier molecular flexibility index (Phi) is 7.92. The summed E-state index contributed by atoms with van der Waals surface area (Å²) in [6.45, 7) is 6.73. The van der Waals surface area contributed by atoms with E-state index >= 15 is 0 Å². The number of alkyl halides is 1. The molecule has 8 heteroatoms. The molecule has 2 aliphatic heterocycles. The number of nitrogens with zero attached hydrogens (tertiary/aromatic N) is 2. The fourth-order valence-electron chi connectivity index (χ4n) is 7.53. The Morgan fingerprint density at radius 3 is 2.61 bits per heavy atom. The molecule has 0 bridgehead atoms. The lowest BCUT2D eigenvalue weighted by atomic mass is 9.68. The zero-order valence-electron chi connectivity index (χ0n) is 22.4. The molecule has 7 nitrogen and oxygen atoms in total. The molecule has 1 aromatic rings. The van der Waals surface area contributed by atoms with Gasteiger partial charge in [-0.1, -0.05) is 13.8 Å². The second-order valence-corrected chi connectivity index (χ2v) is 12.7. The van der Waals surface area contributed by atoms with Gasteiger partial charge in [0.2, 0.25) is 11.5 Å². The number of aromatic nitrogens is 2. The van der Waals surface area contributed by atoms with Crippen molar-refractivity contribution in [1.82, 2.24) is 25.1 Å². The van der Waals surface area contributed by atoms with Crippen LogP contribution in [0.25, 0.3) is 0 Å². The maximum Gasteiger partial charge on any atom is 0.223 e. The largest absolute Gasteiger partial charge is 0.351 e. The van der Waals surface area contributed by atoms with Crippen LogP contribution in [0.1, 0.15) is 65.2 Å². The summed E-state index contributed by atoms with van der Waals surface area (Å²) < 4.78 is 17.9. The molecule has 2 saturated heterocycles. The number of carbonyl (C=O) groups excluding carboxylic acids is 1. The van der Waals surface area contributed by atoms with Crippen LogP contribution in [0.3, 0.4) is 0 Å². The lowest BCUT2D eigenvalue weighted by Gasteiger charge is -2.44. The highest BCUT2D eigenvalue weighted by molar-refractivity contribution is 5.79. The molecule has 2 aliphatic carbocycles. The van der Waals surface area contributed by atoms with E-state index in [1.807, 2.05) is 28.6 Å². The first-order chi connectivity index (χ1) is 17.3. The maximum atomic E-state index is 14.1. The summed E-state index contributed by atoms with van der Waals surface area (Å²) in [6, 6.07) is 0.875. The number of hydrogen-bond donors (Lipinski definition) is 4. The van der Waals surface area contributed by atoms with E-state index in [4.69, 9.17) is 5.41 Å². The summed E-state index contributed by atoms with van der Waals surface area (Å²) in [5.41, 5.74) is 0.494. The summed E-state index contributed by atoms with van der Waals surface area (Å²) in [7, 11) is 1.90. The molecule has 4 N–H and O–H groups in total. The Bertz CT molecular complexity index is 956. The Morgan fingerprint density at radius 2 is 1.94 bits per heavy atom. The molecule has 9 unspecified atom stereocenters. The van der Waals surface area contributed by atoms with Gasteiger partial charge < -0.3 is 25.1 Å². The van der Waals surface area contributed by atoms with Crippen molar-refractivity contribution in [3.8, 4) is 0 Å². The number of amides is 1. The zero-order chi connectivity index (χ0) is 25.4. The standard InChI is InChI=1S/C28H47FN6O/c1-17-6-7-31-24(10-17)26(20-4-5-20)33-27(36)22-13-19(16-35-9-8-34(3)28(35)30)12-21(14-22)25-18(2)11-23(29)15-32-25/h8-9,17-26,30-32H,4-7,10-16H2,1-3H3,(H,33,36). The summed E-state index contributed by atoms with van der Waals surface area (Å²) in [6.07, 6.45) is 11.3. The van der Waals surface area contributed by atoms with Crippen molar-refractivity contribution in [1.29, 1.82) is 5.41 Å². The molecular weight excluding hydrogens is 455 g/mol. The lowest BCUT2D eigenvalue weighted by Crippen LogP contribution is -2.56. The smallest absolute Gasteiger partial charge is 0.223 e. The molecule has 4 fully saturated rings. The highest BCUT2D eigenvalue weighted by atomic mass is 19.1. The first kappa shape index (κ1) is 26.0. The third-order valence-electron chi connectivity index (χ3n) is 9.64. The summed E-state index contributed by atoms with van der Waals surface area (Å²) in [4.78, 5) is 13.8. The fourth-order valence-corrected chi connectivity index (χ4v) is 7.53. The SMILES string of the molecule is CC1CCNC(C(NC(=O)C2CC(Cn3ccn(C)c3=N)CC(C3NCC(F)CC3C)C2)C2CC2)C1. The molecule has 1 amide bonds. The van der Waals surface area contributed by atoms with Crippen molar-refractivity contribution in [3.63, 3.8) is 0 Å². The molecule has 5 rings (SSSR count). The molecule has 4 aliphatic rings. The van der Waals surface area contributed by atoms with Crippen molar-refractivity contribution >= 4 is 5.91 Å². The van der Waals surface area contributed by atoms with Crippen molar-refractivity contribution in [2.24, 2.45) is 42.6 Å². The Balaban J connectivity index is 1.31. The molecule has 0 spiro atoms. The van der Waals surface area contributed by atoms with Crippen LogP contribution >= 0.6 is 0 Å². The molecule has 9 atom stereocenters. The van der Waals surface area contributed by atoms with Crippen LogP contribution < -0.4 is 21.6 Å². The van der Waals surface area contributed by atoms with Crippen LogP contribution in [0.4, 0.5) is 4.39 Å². The zero-order valence-corrected chi connectivity index (χ0v) is 22.4. The predicted octanol–water partition coefficient (Wildman–Crippen LogP) is 2.96. The van der Waals surface area contributed by atoms with Gasteiger partial charge in [-0.2, -0.15) is 0 Å². The molecule has 202 valence electrons. The van der Waals surface area contributed by atoms with E-state index in [2.05, 4.69) is 29.8 Å². The van der Waals surface area contributed by atoms with Gasteiger partial charge in [-0.25, -0.2) is 4.39 Å². The average molecular weight is 503 g/mol. The van der Waals surface area contributed by atoms with Crippen LogP contribution in [0, 0.1) is 40.9 Å². The normalized spacial score (nSPS) is 38.4. The first-order valence-corrected chi connectivity index (χ1v) is 14.5. The van der Waals surface area contributed by atoms with Crippen molar-refractivity contribution in [2.75, 3.05) is 13.1 Å². The third-order valence-corrected chi connectivity index (χ3v) is 9.64. The summed E-state index contributed by atoms with van der Waals surface area (Å²) >= 11 is 0. The Labute approximate surface area is 215 Å². The number of halogens is 1. The van der Waals surface area contributed by atoms with Crippen LogP contribution in [-0.4, -0.2) is 52.4 Å². The second-order valence-electron chi connectivity index (χ2n) is 12.7. The number of nitrogens with one attached hydrogen (secondary N) is 4. The number of hydrogen-bond acceptors (Lipinski definition) is 4. The van der Waals surface area contributed by atoms with E-state index in [0.29, 0.717) is 48.3 Å². The summed E-state index contributed by atoms with van der Waals surface area (Å²) in [5, 5.41) is 19.2. The summed E-state index contributed by atoms with van der Waals surface area (Å²) in [5.74, 6) is 2.47. The lowest BCUT2D eigenvalue weighted by molar-refractivity contribution is -0.128. The number of carbonyl (C=O) groups is 1. The van der Waals surface area contributed by atoms with Gasteiger partial charge in [0, 0.05) is 56.6 Å². The molecule has 0 radical (unpaired) electrons. The number of piperidine rings is 2. The van der Waals surface area contributed by atoms with Gasteiger partial charge in [-0.15, -0.1) is 0 Å². The number of aryl methyl sites for hydroxylation is 1. The van der Waals surface area contributed by atoms with Crippen LogP contribution in [0.2, 0.25) is 0 Å². The highest BCUT2D eigenvalue weighted by Crippen LogP contribution is 2.41. The molecule has 36 heavy (non-hydrogen) atoms. The van der Waals surface area contributed by atoms with E-state index in [1.165, 1.54) is 19.3 Å². The number of imidazole rings is 1. The van der Waals surface area contributed by atoms with E-state index in [9.17, 15) is 9.18 Å². The minimum absolute atomic E-state index is 0.0217. The van der Waals surface area contributed by atoms with Crippen molar-refractivity contribution < 1.29 is 9.18 Å². The molecule has 3 heterocycles. The van der Waals surface area contributed by atoms with Gasteiger partial charge in [0.05, 0.1) is 0 Å². The molecular formula is C28H47FN6O. The third kappa shape index (κ3) is 5.90. The van der Waals surface area contributed by atoms with Crippen LogP contribution in [0.15, 0.2) is 12.4 Å². The van der Waals surface area contributed by atoms with Crippen molar-refractivity contribution in [3.05, 3.63) is 18.0 Å². The van der Waals surface area contributed by atoms with E-state index in [-0.39, 0.29) is 29.8 Å². The molecule has 1 aromatic heterocycles. The van der Waals surface area contributed by atoms with Crippen LogP contribution in [0.5, 0.6) is 0 Å². The monoisotopic (exact) mass is 502 g/mol. The van der Waals surface area contributed by atoms with Gasteiger partial charge in [0.15, 0.2) is 0 Å². The van der Waals surface area contributed by atoms with Crippen molar-refractivity contribution in [2.45, 2.75) is 96.1 Å². The van der Waals surface area contributed by atoms with Gasteiger partial charge in [-0.05, 0) is 87.5 Å². The van der Waals surface area contributed by atoms with E-state index in [1.54, 1.807) is 0 Å². The topological polar surface area (TPSA) is 86.9 Å².